The van der Waals surface area contributed by atoms with Gasteiger partial charge in [-0.15, -0.1) is 16.4 Å². The summed E-state index contributed by atoms with van der Waals surface area (Å²) in [6, 6.07) is 1.74. The van der Waals surface area contributed by atoms with Gasteiger partial charge in [0.25, 0.3) is 5.91 Å². The zero-order valence-corrected chi connectivity index (χ0v) is 11.4. The first-order valence-electron chi connectivity index (χ1n) is 5.77. The number of anilines is 1. The van der Waals surface area contributed by atoms with Crippen molar-refractivity contribution in [2.45, 2.75) is 6.54 Å². The second-order valence-electron chi connectivity index (χ2n) is 4.11. The lowest BCUT2D eigenvalue weighted by Gasteiger charge is -2.01. The van der Waals surface area contributed by atoms with E-state index >= 15 is 0 Å². The Morgan fingerprint density at radius 1 is 1.55 bits per heavy atom. The number of rotatable bonds is 3. The van der Waals surface area contributed by atoms with Crippen LogP contribution in [0.2, 0.25) is 0 Å². The lowest BCUT2D eigenvalue weighted by Crippen LogP contribution is -2.23. The summed E-state index contributed by atoms with van der Waals surface area (Å²) >= 11 is 1.22. The van der Waals surface area contributed by atoms with Crippen molar-refractivity contribution < 1.29 is 4.79 Å². The van der Waals surface area contributed by atoms with E-state index in [0.29, 0.717) is 21.2 Å². The minimum absolute atomic E-state index is 0.249. The fourth-order valence-corrected chi connectivity index (χ4v) is 2.70. The fraction of sp³-hybridized carbons (Fsp3) is 0.182. The highest BCUT2D eigenvalue weighted by Gasteiger charge is 2.17. The largest absolute Gasteiger partial charge is 0.397 e. The third kappa shape index (κ3) is 2.18. The average molecular weight is 289 g/mol. The van der Waals surface area contributed by atoms with Crippen molar-refractivity contribution in [3.8, 4) is 0 Å². The molecule has 3 heterocycles. The number of aryl methyl sites for hydroxylation is 1. The first kappa shape index (κ1) is 12.5. The standard InChI is InChI=1S/C11H11N7OS/c1-18-5-14-7(17-18)4-13-10(19)9-8(12)6-2-3-15-16-11(6)20-9/h2-3,5H,4,12H2,1H3,(H,13,19). The molecule has 0 unspecified atom stereocenters. The number of hydrogen-bond acceptors (Lipinski definition) is 7. The number of nitrogens with two attached hydrogens (primary N) is 1. The number of fused-ring (bicyclic) bond motifs is 1. The molecule has 1 amide bonds. The number of nitrogen functional groups attached to an aromatic ring is 1. The first-order valence-corrected chi connectivity index (χ1v) is 6.59. The van der Waals surface area contributed by atoms with E-state index in [1.54, 1.807) is 30.3 Å². The van der Waals surface area contributed by atoms with Crippen LogP contribution in [0.15, 0.2) is 18.6 Å². The zero-order chi connectivity index (χ0) is 14.1. The second kappa shape index (κ2) is 4.85. The summed E-state index contributed by atoms with van der Waals surface area (Å²) in [4.78, 5) is 17.2. The maximum absolute atomic E-state index is 12.1. The average Bonchev–Trinajstić information content (AvgIpc) is 3.01. The third-order valence-corrected chi connectivity index (χ3v) is 3.79. The number of amides is 1. The van der Waals surface area contributed by atoms with E-state index in [-0.39, 0.29) is 12.5 Å². The first-order chi connectivity index (χ1) is 9.65. The SMILES string of the molecule is Cn1cnc(CNC(=O)c2sc3nnccc3c2N)n1. The molecule has 20 heavy (non-hydrogen) atoms. The molecule has 0 aliphatic heterocycles. The van der Waals surface area contributed by atoms with E-state index < -0.39 is 0 Å². The molecule has 0 saturated heterocycles. The minimum atomic E-state index is -0.266. The third-order valence-electron chi connectivity index (χ3n) is 2.68. The fourth-order valence-electron chi connectivity index (χ4n) is 1.75. The van der Waals surface area contributed by atoms with Crippen LogP contribution in [0.4, 0.5) is 5.69 Å². The predicted molar refractivity (Wildman–Crippen MR) is 74.0 cm³/mol. The highest BCUT2D eigenvalue weighted by Crippen LogP contribution is 2.31. The van der Waals surface area contributed by atoms with Gasteiger partial charge in [0.2, 0.25) is 0 Å². The van der Waals surface area contributed by atoms with Crippen molar-refractivity contribution in [2.24, 2.45) is 7.05 Å². The Morgan fingerprint density at radius 3 is 3.10 bits per heavy atom. The van der Waals surface area contributed by atoms with Crippen LogP contribution in [0, 0.1) is 0 Å². The van der Waals surface area contributed by atoms with Crippen molar-refractivity contribution in [3.05, 3.63) is 29.3 Å². The van der Waals surface area contributed by atoms with Crippen LogP contribution in [-0.4, -0.2) is 30.9 Å². The number of carbonyl (C=O) groups is 1. The molecular weight excluding hydrogens is 278 g/mol. The van der Waals surface area contributed by atoms with Gasteiger partial charge in [-0.05, 0) is 6.07 Å². The molecule has 9 heteroatoms. The van der Waals surface area contributed by atoms with Crippen molar-refractivity contribution in [3.63, 3.8) is 0 Å². The molecule has 3 N–H and O–H groups in total. The zero-order valence-electron chi connectivity index (χ0n) is 10.6. The molecule has 0 spiro atoms. The number of aromatic nitrogens is 5. The van der Waals surface area contributed by atoms with Gasteiger partial charge in [-0.3, -0.25) is 9.48 Å². The molecule has 102 valence electrons. The van der Waals surface area contributed by atoms with Gasteiger partial charge in [0.05, 0.1) is 18.4 Å². The highest BCUT2D eigenvalue weighted by atomic mass is 32.1. The molecule has 0 atom stereocenters. The Labute approximate surface area is 117 Å². The number of nitrogens with zero attached hydrogens (tertiary/aromatic N) is 5. The number of carbonyl (C=O) groups excluding carboxylic acids is 1. The maximum Gasteiger partial charge on any atom is 0.263 e. The van der Waals surface area contributed by atoms with Gasteiger partial charge in [0, 0.05) is 12.4 Å². The van der Waals surface area contributed by atoms with Gasteiger partial charge in [-0.1, -0.05) is 0 Å². The molecule has 0 aliphatic carbocycles. The number of hydrogen-bond donors (Lipinski definition) is 2. The summed E-state index contributed by atoms with van der Waals surface area (Å²) in [6.07, 6.45) is 3.12. The van der Waals surface area contributed by atoms with Crippen molar-refractivity contribution in [1.82, 2.24) is 30.3 Å². The summed E-state index contributed by atoms with van der Waals surface area (Å²) in [7, 11) is 1.76. The van der Waals surface area contributed by atoms with Gasteiger partial charge < -0.3 is 11.1 Å². The lowest BCUT2D eigenvalue weighted by molar-refractivity contribution is 0.0955. The van der Waals surface area contributed by atoms with Gasteiger partial charge in [0.15, 0.2) is 5.82 Å². The van der Waals surface area contributed by atoms with Gasteiger partial charge in [-0.25, -0.2) is 4.98 Å². The van der Waals surface area contributed by atoms with E-state index in [1.807, 2.05) is 0 Å². The quantitative estimate of drug-likeness (QED) is 0.718. The molecule has 0 aromatic carbocycles. The second-order valence-corrected chi connectivity index (χ2v) is 5.11. The Balaban J connectivity index is 1.80. The van der Waals surface area contributed by atoms with Crippen LogP contribution < -0.4 is 11.1 Å². The molecule has 0 saturated carbocycles. The summed E-state index contributed by atoms with van der Waals surface area (Å²) in [5, 5.41) is 15.3. The van der Waals surface area contributed by atoms with Crippen molar-refractivity contribution in [2.75, 3.05) is 5.73 Å². The number of nitrogens with one attached hydrogen (secondary N) is 1. The van der Waals surface area contributed by atoms with E-state index in [0.717, 1.165) is 5.39 Å². The number of thiophene rings is 1. The van der Waals surface area contributed by atoms with Gasteiger partial charge in [0.1, 0.15) is 16.0 Å². The molecule has 3 aromatic heterocycles. The minimum Gasteiger partial charge on any atom is -0.397 e. The summed E-state index contributed by atoms with van der Waals surface area (Å²) in [5.41, 5.74) is 6.38. The molecule has 8 nitrogen and oxygen atoms in total. The maximum atomic E-state index is 12.1. The normalized spacial score (nSPS) is 10.8. The van der Waals surface area contributed by atoms with Crippen molar-refractivity contribution >= 4 is 33.1 Å². The van der Waals surface area contributed by atoms with E-state index in [9.17, 15) is 4.79 Å². The van der Waals surface area contributed by atoms with Crippen LogP contribution in [0.1, 0.15) is 15.5 Å². The summed E-state index contributed by atoms with van der Waals surface area (Å²) in [5.74, 6) is 0.276. The molecule has 0 aliphatic rings. The van der Waals surface area contributed by atoms with Gasteiger partial charge >= 0.3 is 0 Å². The topological polar surface area (TPSA) is 112 Å². The van der Waals surface area contributed by atoms with Crippen LogP contribution in [-0.2, 0) is 13.6 Å². The highest BCUT2D eigenvalue weighted by molar-refractivity contribution is 7.21. The Bertz CT molecular complexity index is 778. The Morgan fingerprint density at radius 2 is 2.40 bits per heavy atom. The van der Waals surface area contributed by atoms with Crippen molar-refractivity contribution in [1.29, 1.82) is 0 Å². The van der Waals surface area contributed by atoms with Crippen LogP contribution >= 0.6 is 11.3 Å². The van der Waals surface area contributed by atoms with E-state index in [1.165, 1.54) is 11.3 Å². The summed E-state index contributed by atoms with van der Waals surface area (Å²) < 4.78 is 1.57. The molecule has 3 aromatic rings. The van der Waals surface area contributed by atoms with Crippen LogP contribution in [0.5, 0.6) is 0 Å². The van der Waals surface area contributed by atoms with Crippen LogP contribution in [0.3, 0.4) is 0 Å². The van der Waals surface area contributed by atoms with E-state index in [2.05, 4.69) is 25.6 Å². The smallest absolute Gasteiger partial charge is 0.263 e. The molecule has 0 radical (unpaired) electrons. The monoisotopic (exact) mass is 289 g/mol. The van der Waals surface area contributed by atoms with Gasteiger partial charge in [-0.2, -0.15) is 10.2 Å². The Hall–Kier alpha value is -2.55. The summed E-state index contributed by atoms with van der Waals surface area (Å²) in [6.45, 7) is 0.249. The predicted octanol–water partition coefficient (Wildman–Crippen LogP) is 0.332. The lowest BCUT2D eigenvalue weighted by atomic mass is 10.3. The molecule has 3 rings (SSSR count). The Kier molecular flexibility index (Phi) is 3.03. The molecule has 0 fully saturated rings. The molecular formula is C11H11N7OS. The van der Waals surface area contributed by atoms with E-state index in [4.69, 9.17) is 5.73 Å². The van der Waals surface area contributed by atoms with Crippen LogP contribution in [0.25, 0.3) is 10.2 Å². The molecule has 0 bridgehead atoms.